The summed E-state index contributed by atoms with van der Waals surface area (Å²) in [6.45, 7) is 2.37. The Morgan fingerprint density at radius 3 is 2.41 bits per heavy atom. The van der Waals surface area contributed by atoms with E-state index in [0.717, 1.165) is 15.7 Å². The number of para-hydroxylation sites is 1. The van der Waals surface area contributed by atoms with Crippen molar-refractivity contribution in [3.8, 4) is 11.5 Å². The van der Waals surface area contributed by atoms with E-state index in [1.54, 1.807) is 36.4 Å². The number of benzene rings is 3. The van der Waals surface area contributed by atoms with Crippen LogP contribution in [0.15, 0.2) is 77.3 Å². The molecule has 34 heavy (non-hydrogen) atoms. The number of halogens is 1. The first-order chi connectivity index (χ1) is 16.5. The maximum absolute atomic E-state index is 13.8. The average Bonchev–Trinajstić information content (AvgIpc) is 3.36. The van der Waals surface area contributed by atoms with Crippen molar-refractivity contribution in [3.63, 3.8) is 0 Å². The molecule has 0 radical (unpaired) electrons. The molecule has 0 aliphatic carbocycles. The number of hydrogen-bond donors (Lipinski definition) is 0. The van der Waals surface area contributed by atoms with Crippen LogP contribution in [0.1, 0.15) is 18.5 Å². The van der Waals surface area contributed by atoms with E-state index < -0.39 is 18.1 Å². The van der Waals surface area contributed by atoms with Crippen molar-refractivity contribution in [2.24, 2.45) is 5.92 Å². The van der Waals surface area contributed by atoms with Crippen LogP contribution < -0.4 is 19.4 Å². The highest BCUT2D eigenvalue weighted by Crippen LogP contribution is 2.48. The number of imide groups is 1. The lowest BCUT2D eigenvalue weighted by atomic mass is 9.90. The van der Waals surface area contributed by atoms with Gasteiger partial charge in [-0.2, -0.15) is 0 Å². The fraction of sp³-hybridized carbons (Fsp3) is 0.231. The first-order valence-corrected chi connectivity index (χ1v) is 11.8. The van der Waals surface area contributed by atoms with E-state index in [1.165, 1.54) is 4.90 Å². The molecule has 0 spiro atoms. The quantitative estimate of drug-likeness (QED) is 0.428. The maximum atomic E-state index is 13.8. The minimum absolute atomic E-state index is 0.306. The summed E-state index contributed by atoms with van der Waals surface area (Å²) in [5.74, 6) is -0.142. The minimum atomic E-state index is -0.936. The van der Waals surface area contributed by atoms with Crippen LogP contribution in [0, 0.1) is 5.92 Å². The summed E-state index contributed by atoms with van der Waals surface area (Å²) < 4.78 is 11.7. The third-order valence-electron chi connectivity index (χ3n) is 6.03. The molecule has 0 saturated carbocycles. The molecule has 0 unspecified atom stereocenters. The maximum Gasteiger partial charge on any atom is 0.266 e. The fourth-order valence-electron chi connectivity index (χ4n) is 4.55. The number of carbonyl (C=O) groups excluding carboxylic acids is 2. The van der Waals surface area contributed by atoms with Gasteiger partial charge in [0.05, 0.1) is 35.6 Å². The summed E-state index contributed by atoms with van der Waals surface area (Å²) in [4.78, 5) is 34.6. The van der Waals surface area contributed by atoms with E-state index >= 15 is 0 Å². The van der Waals surface area contributed by atoms with Crippen molar-refractivity contribution >= 4 is 39.1 Å². The highest BCUT2D eigenvalue weighted by molar-refractivity contribution is 9.10. The second-order valence-corrected chi connectivity index (χ2v) is 8.85. The van der Waals surface area contributed by atoms with Crippen molar-refractivity contribution in [1.82, 2.24) is 0 Å². The number of fused-ring (bicyclic) bond motifs is 1. The summed E-state index contributed by atoms with van der Waals surface area (Å²) in [5.41, 5.74) is 2.06. The van der Waals surface area contributed by atoms with Gasteiger partial charge in [0, 0.05) is 6.07 Å². The third-order valence-corrected chi connectivity index (χ3v) is 6.65. The van der Waals surface area contributed by atoms with Gasteiger partial charge in [-0.05, 0) is 64.8 Å². The number of rotatable bonds is 6. The van der Waals surface area contributed by atoms with Gasteiger partial charge < -0.3 is 9.47 Å². The molecule has 5 rings (SSSR count). The SMILES string of the molecule is CCOc1cccc(N2C(=O)[C@H]3[C@@H](c4ccc(OC)c(Br)c4)N(c4ccccc4)O[C@H]3C2=O)c1. The molecule has 2 aliphatic rings. The largest absolute Gasteiger partial charge is 0.496 e. The Bertz CT molecular complexity index is 1230. The lowest BCUT2D eigenvalue weighted by Crippen LogP contribution is -2.37. The third kappa shape index (κ3) is 3.73. The molecule has 174 valence electrons. The Morgan fingerprint density at radius 1 is 0.941 bits per heavy atom. The van der Waals surface area contributed by atoms with E-state index in [4.69, 9.17) is 14.3 Å². The summed E-state index contributed by atoms with van der Waals surface area (Å²) in [7, 11) is 1.60. The second-order valence-electron chi connectivity index (χ2n) is 7.99. The van der Waals surface area contributed by atoms with E-state index in [2.05, 4.69) is 15.9 Å². The number of hydrogen-bond acceptors (Lipinski definition) is 6. The monoisotopic (exact) mass is 522 g/mol. The van der Waals surface area contributed by atoms with Gasteiger partial charge in [-0.3, -0.25) is 14.4 Å². The van der Waals surface area contributed by atoms with E-state index in [-0.39, 0.29) is 11.8 Å². The molecule has 3 aromatic carbocycles. The summed E-state index contributed by atoms with van der Waals surface area (Å²) >= 11 is 3.54. The van der Waals surface area contributed by atoms with Gasteiger partial charge in [-0.1, -0.05) is 30.3 Å². The van der Waals surface area contributed by atoms with Gasteiger partial charge in [0.15, 0.2) is 6.10 Å². The number of carbonyl (C=O) groups is 2. The average molecular weight is 523 g/mol. The predicted octanol–water partition coefficient (Wildman–Crippen LogP) is 4.91. The lowest BCUT2D eigenvalue weighted by Gasteiger charge is -2.29. The van der Waals surface area contributed by atoms with E-state index in [0.29, 0.717) is 23.8 Å². The summed E-state index contributed by atoms with van der Waals surface area (Å²) in [5, 5.41) is 1.67. The van der Waals surface area contributed by atoms with E-state index in [9.17, 15) is 9.59 Å². The van der Waals surface area contributed by atoms with Gasteiger partial charge in [-0.25, -0.2) is 9.96 Å². The lowest BCUT2D eigenvalue weighted by molar-refractivity contribution is -0.126. The van der Waals surface area contributed by atoms with Gasteiger partial charge >= 0.3 is 0 Å². The zero-order valence-electron chi connectivity index (χ0n) is 18.7. The van der Waals surface area contributed by atoms with Crippen LogP contribution in [-0.2, 0) is 14.4 Å². The molecule has 3 atom stereocenters. The molecular weight excluding hydrogens is 500 g/mol. The number of amides is 2. The summed E-state index contributed by atoms with van der Waals surface area (Å²) in [6, 6.07) is 21.6. The zero-order chi connectivity index (χ0) is 23.8. The van der Waals surface area contributed by atoms with Crippen molar-refractivity contribution in [2.75, 3.05) is 23.7 Å². The van der Waals surface area contributed by atoms with E-state index in [1.807, 2.05) is 55.5 Å². The van der Waals surface area contributed by atoms with Gasteiger partial charge in [0.2, 0.25) is 5.91 Å². The summed E-state index contributed by atoms with van der Waals surface area (Å²) in [6.07, 6.45) is -0.936. The molecule has 8 heteroatoms. The van der Waals surface area contributed by atoms with Gasteiger partial charge in [0.25, 0.3) is 5.91 Å². The highest BCUT2D eigenvalue weighted by atomic mass is 79.9. The van der Waals surface area contributed by atoms with Gasteiger partial charge in [0.1, 0.15) is 17.4 Å². The Labute approximate surface area is 205 Å². The molecular formula is C26H23BrN2O5. The zero-order valence-corrected chi connectivity index (χ0v) is 20.3. The molecule has 0 bridgehead atoms. The number of nitrogens with zero attached hydrogens (tertiary/aromatic N) is 2. The molecule has 0 aromatic heterocycles. The Balaban J connectivity index is 1.57. The van der Waals surface area contributed by atoms with Crippen LogP contribution in [-0.4, -0.2) is 31.6 Å². The van der Waals surface area contributed by atoms with Crippen LogP contribution in [0.25, 0.3) is 0 Å². The Kier molecular flexibility index (Phi) is 6.02. The van der Waals surface area contributed by atoms with Crippen molar-refractivity contribution in [2.45, 2.75) is 19.1 Å². The fourth-order valence-corrected chi connectivity index (χ4v) is 5.11. The molecule has 2 aliphatic heterocycles. The van der Waals surface area contributed by atoms with Gasteiger partial charge in [-0.15, -0.1) is 0 Å². The van der Waals surface area contributed by atoms with Crippen molar-refractivity contribution < 1.29 is 23.9 Å². The minimum Gasteiger partial charge on any atom is -0.496 e. The van der Waals surface area contributed by atoms with Crippen LogP contribution >= 0.6 is 15.9 Å². The topological polar surface area (TPSA) is 68.3 Å². The molecule has 2 heterocycles. The molecule has 3 aromatic rings. The van der Waals surface area contributed by atoms with Crippen LogP contribution in [0.5, 0.6) is 11.5 Å². The van der Waals surface area contributed by atoms with Crippen LogP contribution in [0.3, 0.4) is 0 Å². The molecule has 2 amide bonds. The van der Waals surface area contributed by atoms with Crippen LogP contribution in [0.2, 0.25) is 0 Å². The normalized spacial score (nSPS) is 21.7. The molecule has 0 N–H and O–H groups in total. The molecule has 2 fully saturated rings. The van der Waals surface area contributed by atoms with Crippen LogP contribution in [0.4, 0.5) is 11.4 Å². The first-order valence-electron chi connectivity index (χ1n) is 11.0. The standard InChI is InChI=1S/C26H23BrN2O5/c1-3-33-19-11-7-10-18(15-19)28-25(30)22-23(16-12-13-21(32-2)20(27)14-16)29(34-24(22)26(28)31)17-8-5-4-6-9-17/h4-15,22-24H,3H2,1-2H3/t22-,23+,24+/m0/s1. The van der Waals surface area contributed by atoms with Crippen molar-refractivity contribution in [1.29, 1.82) is 0 Å². The second kappa shape index (κ2) is 9.12. The molecule has 2 saturated heterocycles. The number of methoxy groups -OCH3 is 1. The Hall–Kier alpha value is -3.36. The van der Waals surface area contributed by atoms with Crippen molar-refractivity contribution in [3.05, 3.63) is 82.8 Å². The number of anilines is 2. The number of hydroxylamine groups is 1. The molecule has 7 nitrogen and oxygen atoms in total. The first kappa shape index (κ1) is 22.4. The predicted molar refractivity (Wildman–Crippen MR) is 131 cm³/mol. The Morgan fingerprint density at radius 2 is 1.71 bits per heavy atom. The smallest absolute Gasteiger partial charge is 0.266 e. The number of ether oxygens (including phenoxy) is 2. The highest BCUT2D eigenvalue weighted by Gasteiger charge is 2.60.